The Morgan fingerprint density at radius 3 is 2.47 bits per heavy atom. The molecule has 6 heteroatoms. The van der Waals surface area contributed by atoms with Crippen molar-refractivity contribution in [3.05, 3.63) is 53.9 Å². The number of aromatic nitrogens is 2. The average molecular weight is 269 g/mol. The highest BCUT2D eigenvalue weighted by Gasteiger charge is 2.29. The van der Waals surface area contributed by atoms with Gasteiger partial charge in [-0.2, -0.15) is 18.3 Å². The molecule has 1 heterocycles. The maximum atomic E-state index is 12.3. The second kappa shape index (κ2) is 5.88. The second-order valence-electron chi connectivity index (χ2n) is 4.18. The third-order valence-corrected chi connectivity index (χ3v) is 2.61. The molecule has 0 saturated carbocycles. The molecule has 0 aliphatic heterocycles. The van der Waals surface area contributed by atoms with Crippen molar-refractivity contribution in [2.24, 2.45) is 0 Å². The van der Waals surface area contributed by atoms with Gasteiger partial charge in [0.15, 0.2) is 0 Å². The highest BCUT2D eigenvalue weighted by atomic mass is 19.4. The molecule has 19 heavy (non-hydrogen) atoms. The molecule has 0 saturated heterocycles. The first kappa shape index (κ1) is 13.6. The Bertz CT molecular complexity index is 505. The van der Waals surface area contributed by atoms with Crippen LogP contribution >= 0.6 is 0 Å². The van der Waals surface area contributed by atoms with Crippen LogP contribution in [-0.2, 0) is 19.6 Å². The molecular formula is C13H14F3N3. The Labute approximate surface area is 109 Å². The summed E-state index contributed by atoms with van der Waals surface area (Å²) in [7, 11) is 0. The molecule has 2 aromatic rings. The second-order valence-corrected chi connectivity index (χ2v) is 4.18. The lowest BCUT2D eigenvalue weighted by Crippen LogP contribution is -2.23. The number of nitrogens with zero attached hydrogens (tertiary/aromatic N) is 2. The van der Waals surface area contributed by atoms with Crippen LogP contribution in [0.5, 0.6) is 0 Å². The smallest absolute Gasteiger partial charge is 0.307 e. The van der Waals surface area contributed by atoms with E-state index < -0.39 is 12.7 Å². The van der Waals surface area contributed by atoms with Crippen molar-refractivity contribution < 1.29 is 13.2 Å². The van der Waals surface area contributed by atoms with E-state index in [1.54, 1.807) is 6.07 Å². The standard InChI is InChI=1S/C13H14F3N3/c14-13(15,16)10-19-12(6-7-18-19)9-17-8-11-4-2-1-3-5-11/h1-7,17H,8-10H2. The minimum absolute atomic E-state index is 0.352. The molecule has 0 spiro atoms. The van der Waals surface area contributed by atoms with E-state index in [0.717, 1.165) is 10.2 Å². The van der Waals surface area contributed by atoms with E-state index >= 15 is 0 Å². The van der Waals surface area contributed by atoms with E-state index in [0.29, 0.717) is 18.8 Å². The van der Waals surface area contributed by atoms with E-state index in [-0.39, 0.29) is 0 Å². The molecule has 2 rings (SSSR count). The van der Waals surface area contributed by atoms with Gasteiger partial charge < -0.3 is 5.32 Å². The Morgan fingerprint density at radius 2 is 1.79 bits per heavy atom. The molecular weight excluding hydrogens is 255 g/mol. The van der Waals surface area contributed by atoms with Crippen molar-refractivity contribution in [3.8, 4) is 0 Å². The zero-order chi connectivity index (χ0) is 13.7. The van der Waals surface area contributed by atoms with Crippen LogP contribution in [0.3, 0.4) is 0 Å². The number of rotatable bonds is 5. The van der Waals surface area contributed by atoms with Crippen LogP contribution < -0.4 is 5.32 Å². The summed E-state index contributed by atoms with van der Waals surface area (Å²) in [5.74, 6) is 0. The maximum absolute atomic E-state index is 12.3. The highest BCUT2D eigenvalue weighted by molar-refractivity contribution is 5.14. The number of hydrogen-bond acceptors (Lipinski definition) is 2. The molecule has 0 aliphatic rings. The molecule has 1 N–H and O–H groups in total. The van der Waals surface area contributed by atoms with Gasteiger partial charge in [0.1, 0.15) is 6.54 Å². The molecule has 3 nitrogen and oxygen atoms in total. The molecule has 0 fully saturated rings. The van der Waals surface area contributed by atoms with Crippen molar-refractivity contribution >= 4 is 0 Å². The third-order valence-electron chi connectivity index (χ3n) is 2.61. The fourth-order valence-electron chi connectivity index (χ4n) is 1.75. The Kier molecular flexibility index (Phi) is 4.21. The molecule has 0 radical (unpaired) electrons. The molecule has 1 aromatic carbocycles. The van der Waals surface area contributed by atoms with Crippen molar-refractivity contribution in [2.45, 2.75) is 25.8 Å². The van der Waals surface area contributed by atoms with Gasteiger partial charge in [0.25, 0.3) is 0 Å². The molecule has 1 aromatic heterocycles. The molecule has 0 amide bonds. The van der Waals surface area contributed by atoms with Crippen LogP contribution in [0, 0.1) is 0 Å². The summed E-state index contributed by atoms with van der Waals surface area (Å²) < 4.78 is 37.9. The molecule has 102 valence electrons. The maximum Gasteiger partial charge on any atom is 0.408 e. The van der Waals surface area contributed by atoms with Crippen LogP contribution in [0.2, 0.25) is 0 Å². The summed E-state index contributed by atoms with van der Waals surface area (Å²) in [5, 5.41) is 6.79. The van der Waals surface area contributed by atoms with Crippen LogP contribution in [0.25, 0.3) is 0 Å². The van der Waals surface area contributed by atoms with Crippen molar-refractivity contribution in [3.63, 3.8) is 0 Å². The predicted octanol–water partition coefficient (Wildman–Crippen LogP) is 2.74. The van der Waals surface area contributed by atoms with E-state index in [2.05, 4.69) is 10.4 Å². The summed E-state index contributed by atoms with van der Waals surface area (Å²) >= 11 is 0. The minimum atomic E-state index is -4.25. The Balaban J connectivity index is 1.88. The Hall–Kier alpha value is -1.82. The quantitative estimate of drug-likeness (QED) is 0.904. The normalized spacial score (nSPS) is 11.7. The SMILES string of the molecule is FC(F)(F)Cn1nccc1CNCc1ccccc1. The topological polar surface area (TPSA) is 29.9 Å². The number of alkyl halides is 3. The number of benzene rings is 1. The van der Waals surface area contributed by atoms with Gasteiger partial charge in [-0.1, -0.05) is 30.3 Å². The van der Waals surface area contributed by atoms with Crippen molar-refractivity contribution in [1.82, 2.24) is 15.1 Å². The zero-order valence-electron chi connectivity index (χ0n) is 10.2. The van der Waals surface area contributed by atoms with Gasteiger partial charge in [-0.3, -0.25) is 4.68 Å². The molecule has 0 bridgehead atoms. The summed E-state index contributed by atoms with van der Waals surface area (Å²) in [4.78, 5) is 0. The summed E-state index contributed by atoms with van der Waals surface area (Å²) in [6, 6.07) is 11.3. The van der Waals surface area contributed by atoms with Crippen LogP contribution in [-0.4, -0.2) is 16.0 Å². The lowest BCUT2D eigenvalue weighted by atomic mass is 10.2. The summed E-state index contributed by atoms with van der Waals surface area (Å²) in [6.07, 6.45) is -2.87. The van der Waals surface area contributed by atoms with E-state index in [1.165, 1.54) is 6.20 Å². The lowest BCUT2D eigenvalue weighted by Gasteiger charge is -2.11. The van der Waals surface area contributed by atoms with Crippen LogP contribution in [0.4, 0.5) is 13.2 Å². The van der Waals surface area contributed by atoms with E-state index in [9.17, 15) is 13.2 Å². The highest BCUT2D eigenvalue weighted by Crippen LogP contribution is 2.17. The van der Waals surface area contributed by atoms with E-state index in [1.807, 2.05) is 30.3 Å². The van der Waals surface area contributed by atoms with Gasteiger partial charge in [0, 0.05) is 19.3 Å². The van der Waals surface area contributed by atoms with Crippen LogP contribution in [0.15, 0.2) is 42.6 Å². The summed E-state index contributed by atoms with van der Waals surface area (Å²) in [6.45, 7) is -0.0919. The number of halogens is 3. The number of hydrogen-bond donors (Lipinski definition) is 1. The van der Waals surface area contributed by atoms with Crippen LogP contribution in [0.1, 0.15) is 11.3 Å². The fourth-order valence-corrected chi connectivity index (χ4v) is 1.75. The third kappa shape index (κ3) is 4.40. The van der Waals surface area contributed by atoms with Gasteiger partial charge >= 0.3 is 6.18 Å². The van der Waals surface area contributed by atoms with Gasteiger partial charge in [-0.25, -0.2) is 0 Å². The van der Waals surface area contributed by atoms with Gasteiger partial charge in [-0.05, 0) is 11.6 Å². The monoisotopic (exact) mass is 269 g/mol. The van der Waals surface area contributed by atoms with Crippen molar-refractivity contribution in [2.75, 3.05) is 0 Å². The van der Waals surface area contributed by atoms with E-state index in [4.69, 9.17) is 0 Å². The predicted molar refractivity (Wildman–Crippen MR) is 65.3 cm³/mol. The molecule has 0 aliphatic carbocycles. The lowest BCUT2D eigenvalue weighted by molar-refractivity contribution is -0.143. The fraction of sp³-hybridized carbons (Fsp3) is 0.308. The van der Waals surface area contributed by atoms with Gasteiger partial charge in [0.05, 0.1) is 5.69 Å². The number of nitrogens with one attached hydrogen (secondary N) is 1. The van der Waals surface area contributed by atoms with Crippen molar-refractivity contribution in [1.29, 1.82) is 0 Å². The molecule has 0 unspecified atom stereocenters. The largest absolute Gasteiger partial charge is 0.408 e. The first-order valence-corrected chi connectivity index (χ1v) is 5.87. The average Bonchev–Trinajstić information content (AvgIpc) is 2.76. The minimum Gasteiger partial charge on any atom is -0.307 e. The zero-order valence-corrected chi connectivity index (χ0v) is 10.2. The van der Waals surface area contributed by atoms with Gasteiger partial charge in [0.2, 0.25) is 0 Å². The first-order chi connectivity index (χ1) is 9.04. The first-order valence-electron chi connectivity index (χ1n) is 5.87. The van der Waals surface area contributed by atoms with Gasteiger partial charge in [-0.15, -0.1) is 0 Å². The summed E-state index contributed by atoms with van der Waals surface area (Å²) in [5.41, 5.74) is 1.61. The molecule has 0 atom stereocenters. The Morgan fingerprint density at radius 1 is 1.05 bits per heavy atom.